The van der Waals surface area contributed by atoms with Gasteiger partial charge in [0, 0.05) is 18.0 Å². The van der Waals surface area contributed by atoms with Gasteiger partial charge in [-0.2, -0.15) is 4.98 Å². The van der Waals surface area contributed by atoms with Gasteiger partial charge < -0.3 is 14.6 Å². The summed E-state index contributed by atoms with van der Waals surface area (Å²) in [6.45, 7) is 2.84. The van der Waals surface area contributed by atoms with Crippen molar-refractivity contribution in [2.45, 2.75) is 32.2 Å². The number of hydrogen-bond donors (Lipinski definition) is 1. The Hall–Kier alpha value is -3.26. The number of rotatable bonds is 9. The Balaban J connectivity index is 1.17. The Morgan fingerprint density at radius 1 is 1.15 bits per heavy atom. The molecule has 3 aromatic rings. The van der Waals surface area contributed by atoms with Crippen molar-refractivity contribution in [1.29, 1.82) is 0 Å². The van der Waals surface area contributed by atoms with E-state index in [1.807, 2.05) is 24.3 Å². The maximum atomic E-state index is 13.0. The van der Waals surface area contributed by atoms with Crippen molar-refractivity contribution in [3.63, 3.8) is 0 Å². The molecule has 174 valence electrons. The largest absolute Gasteiger partial charge is 0.497 e. The van der Waals surface area contributed by atoms with Crippen LogP contribution in [0.1, 0.15) is 30.7 Å². The quantitative estimate of drug-likeness (QED) is 0.497. The summed E-state index contributed by atoms with van der Waals surface area (Å²) in [7, 11) is 1.63. The number of piperidine rings is 1. The topological polar surface area (TPSA) is 80.5 Å². The number of ether oxygens (including phenoxy) is 1. The first-order valence-electron chi connectivity index (χ1n) is 11.3. The van der Waals surface area contributed by atoms with Crippen LogP contribution in [0.15, 0.2) is 53.1 Å². The number of aryl methyl sites for hydroxylation is 1. The lowest BCUT2D eigenvalue weighted by Gasteiger charge is -2.30. The molecule has 2 aromatic carbocycles. The summed E-state index contributed by atoms with van der Waals surface area (Å²) in [4.78, 5) is 19.2. The fraction of sp³-hybridized carbons (Fsp3) is 0.400. The molecular formula is C25H29FN4O3. The molecule has 4 rings (SSSR count). The van der Waals surface area contributed by atoms with Crippen LogP contribution in [0.5, 0.6) is 5.75 Å². The highest BCUT2D eigenvalue weighted by atomic mass is 19.1. The minimum atomic E-state index is -0.227. The molecule has 1 N–H and O–H groups in total. The first kappa shape index (κ1) is 22.9. The van der Waals surface area contributed by atoms with E-state index in [0.29, 0.717) is 24.8 Å². The van der Waals surface area contributed by atoms with E-state index in [2.05, 4.69) is 20.4 Å². The number of carbonyl (C=O) groups is 1. The fourth-order valence-electron chi connectivity index (χ4n) is 4.02. The van der Waals surface area contributed by atoms with Gasteiger partial charge in [-0.05, 0) is 80.7 Å². The van der Waals surface area contributed by atoms with Crippen LogP contribution in [0.25, 0.3) is 11.4 Å². The third-order valence-corrected chi connectivity index (χ3v) is 5.99. The third-order valence-electron chi connectivity index (χ3n) is 5.99. The minimum absolute atomic E-state index is 0.0321. The molecule has 0 radical (unpaired) electrons. The van der Waals surface area contributed by atoms with Crippen molar-refractivity contribution < 1.29 is 18.4 Å². The van der Waals surface area contributed by atoms with E-state index in [9.17, 15) is 9.18 Å². The summed E-state index contributed by atoms with van der Waals surface area (Å²) in [6, 6.07) is 14.0. The molecule has 33 heavy (non-hydrogen) atoms. The van der Waals surface area contributed by atoms with Gasteiger partial charge in [-0.15, -0.1) is 0 Å². The molecular weight excluding hydrogens is 423 g/mol. The molecule has 2 heterocycles. The van der Waals surface area contributed by atoms with Crippen LogP contribution in [0.4, 0.5) is 4.39 Å². The average Bonchev–Trinajstić information content (AvgIpc) is 3.32. The number of aromatic nitrogens is 2. The van der Waals surface area contributed by atoms with E-state index >= 15 is 0 Å². The van der Waals surface area contributed by atoms with E-state index in [0.717, 1.165) is 55.6 Å². The van der Waals surface area contributed by atoms with Crippen LogP contribution in [0.3, 0.4) is 0 Å². The maximum absolute atomic E-state index is 13.0. The molecule has 1 fully saturated rings. The highest BCUT2D eigenvalue weighted by molar-refractivity contribution is 5.78. The van der Waals surface area contributed by atoms with Gasteiger partial charge in [-0.3, -0.25) is 9.69 Å². The average molecular weight is 453 g/mol. The van der Waals surface area contributed by atoms with Gasteiger partial charge in [0.05, 0.1) is 13.7 Å². The Labute approximate surface area is 192 Å². The monoisotopic (exact) mass is 452 g/mol. The number of nitrogens with zero attached hydrogens (tertiary/aromatic N) is 3. The molecule has 0 unspecified atom stereocenters. The van der Waals surface area contributed by atoms with Crippen molar-refractivity contribution in [3.05, 3.63) is 65.8 Å². The zero-order valence-corrected chi connectivity index (χ0v) is 18.8. The molecule has 1 aliphatic rings. The Morgan fingerprint density at radius 3 is 2.58 bits per heavy atom. The lowest BCUT2D eigenvalue weighted by atomic mass is 9.96. The van der Waals surface area contributed by atoms with Crippen LogP contribution in [0, 0.1) is 11.7 Å². The number of methoxy groups -OCH3 is 1. The Morgan fingerprint density at radius 2 is 1.88 bits per heavy atom. The number of nitrogens with one attached hydrogen (secondary N) is 1. The predicted octanol–water partition coefficient (Wildman–Crippen LogP) is 3.85. The van der Waals surface area contributed by atoms with Crippen LogP contribution < -0.4 is 10.1 Å². The summed E-state index contributed by atoms with van der Waals surface area (Å²) in [5.74, 6) is 1.84. The zero-order chi connectivity index (χ0) is 23.0. The molecule has 1 saturated heterocycles. The van der Waals surface area contributed by atoms with Gasteiger partial charge in [-0.1, -0.05) is 17.3 Å². The number of carbonyl (C=O) groups excluding carboxylic acids is 1. The Bertz CT molecular complexity index is 1030. The SMILES string of the molecule is COc1ccc(-c2noc(CN3CCC(C(=O)NCCCc4ccc(F)cc4)CC3)n2)cc1. The van der Waals surface area contributed by atoms with Crippen molar-refractivity contribution in [2.75, 3.05) is 26.7 Å². The van der Waals surface area contributed by atoms with Crippen LogP contribution in [-0.4, -0.2) is 47.7 Å². The second-order valence-corrected chi connectivity index (χ2v) is 8.31. The summed E-state index contributed by atoms with van der Waals surface area (Å²) in [5.41, 5.74) is 1.95. The van der Waals surface area contributed by atoms with Crippen molar-refractivity contribution in [1.82, 2.24) is 20.4 Å². The third kappa shape index (κ3) is 6.38. The van der Waals surface area contributed by atoms with Gasteiger partial charge in [0.15, 0.2) is 0 Å². The second kappa shape index (κ2) is 11.0. The smallest absolute Gasteiger partial charge is 0.241 e. The van der Waals surface area contributed by atoms with Gasteiger partial charge in [-0.25, -0.2) is 4.39 Å². The highest BCUT2D eigenvalue weighted by Crippen LogP contribution is 2.22. The van der Waals surface area contributed by atoms with Crippen LogP contribution in [0.2, 0.25) is 0 Å². The van der Waals surface area contributed by atoms with Crippen LogP contribution in [-0.2, 0) is 17.8 Å². The predicted molar refractivity (Wildman–Crippen MR) is 122 cm³/mol. The number of hydrogen-bond acceptors (Lipinski definition) is 6. The van der Waals surface area contributed by atoms with Crippen LogP contribution >= 0.6 is 0 Å². The molecule has 0 atom stereocenters. The van der Waals surface area contributed by atoms with E-state index < -0.39 is 0 Å². The van der Waals surface area contributed by atoms with Crippen molar-refractivity contribution in [2.24, 2.45) is 5.92 Å². The molecule has 7 nitrogen and oxygen atoms in total. The summed E-state index contributed by atoms with van der Waals surface area (Å²) < 4.78 is 23.6. The molecule has 0 saturated carbocycles. The van der Waals surface area contributed by atoms with E-state index in [-0.39, 0.29) is 17.6 Å². The summed E-state index contributed by atoms with van der Waals surface area (Å²) in [5, 5.41) is 7.13. The zero-order valence-electron chi connectivity index (χ0n) is 18.8. The summed E-state index contributed by atoms with van der Waals surface area (Å²) in [6.07, 6.45) is 3.28. The number of likely N-dealkylation sites (tertiary alicyclic amines) is 1. The van der Waals surface area contributed by atoms with E-state index in [4.69, 9.17) is 9.26 Å². The van der Waals surface area contributed by atoms with E-state index in [1.165, 1.54) is 12.1 Å². The van der Waals surface area contributed by atoms with Gasteiger partial charge >= 0.3 is 0 Å². The van der Waals surface area contributed by atoms with Gasteiger partial charge in [0.25, 0.3) is 0 Å². The standard InChI is InChI=1S/C25H29FN4O3/c1-32-22-10-6-19(7-11-22)24-28-23(33-29-24)17-30-15-12-20(13-16-30)25(31)27-14-2-3-18-4-8-21(26)9-5-18/h4-11,20H,2-3,12-17H2,1H3,(H,27,31). The molecule has 0 bridgehead atoms. The molecule has 1 amide bonds. The number of amides is 1. The summed E-state index contributed by atoms with van der Waals surface area (Å²) >= 11 is 0. The first-order valence-corrected chi connectivity index (χ1v) is 11.3. The highest BCUT2D eigenvalue weighted by Gasteiger charge is 2.25. The second-order valence-electron chi connectivity index (χ2n) is 8.31. The van der Waals surface area contributed by atoms with Crippen molar-refractivity contribution >= 4 is 5.91 Å². The van der Waals surface area contributed by atoms with Crippen molar-refractivity contribution in [3.8, 4) is 17.1 Å². The minimum Gasteiger partial charge on any atom is -0.497 e. The molecule has 1 aromatic heterocycles. The lowest BCUT2D eigenvalue weighted by Crippen LogP contribution is -2.40. The number of benzene rings is 2. The lowest BCUT2D eigenvalue weighted by molar-refractivity contribution is -0.126. The molecule has 1 aliphatic heterocycles. The Kier molecular flexibility index (Phi) is 7.67. The maximum Gasteiger partial charge on any atom is 0.241 e. The normalized spacial score (nSPS) is 14.8. The van der Waals surface area contributed by atoms with E-state index in [1.54, 1.807) is 19.2 Å². The molecule has 8 heteroatoms. The van der Waals surface area contributed by atoms with Gasteiger partial charge in [0.2, 0.25) is 17.6 Å². The molecule has 0 aliphatic carbocycles. The fourth-order valence-corrected chi connectivity index (χ4v) is 4.02. The first-order chi connectivity index (χ1) is 16.1. The number of halogens is 1. The van der Waals surface area contributed by atoms with Gasteiger partial charge in [0.1, 0.15) is 11.6 Å². The molecule has 0 spiro atoms.